The number of nitrogens with two attached hydrogens (primary N) is 1. The summed E-state index contributed by atoms with van der Waals surface area (Å²) in [6.07, 6.45) is 0. The van der Waals surface area contributed by atoms with Gasteiger partial charge in [-0.25, -0.2) is 0 Å². The topological polar surface area (TPSA) is 55.1 Å². The molecule has 0 bridgehead atoms. The van der Waals surface area contributed by atoms with E-state index in [9.17, 15) is 4.79 Å². The average molecular weight is 301 g/mol. The van der Waals surface area contributed by atoms with E-state index in [1.54, 1.807) is 12.1 Å². The molecule has 2 rings (SSSR count). The van der Waals surface area contributed by atoms with Crippen LogP contribution in [0.2, 0.25) is 8.67 Å². The van der Waals surface area contributed by atoms with E-state index < -0.39 is 0 Å². The summed E-state index contributed by atoms with van der Waals surface area (Å²) in [6, 6.07) is 6.96. The summed E-state index contributed by atoms with van der Waals surface area (Å²) in [4.78, 5) is 12.0. The van der Waals surface area contributed by atoms with Crippen molar-refractivity contribution in [1.82, 2.24) is 0 Å². The number of benzene rings is 1. The maximum atomic E-state index is 12.0. The lowest BCUT2D eigenvalue weighted by Crippen LogP contribution is -2.12. The smallest absolute Gasteiger partial charge is 0.258 e. The van der Waals surface area contributed by atoms with Crippen molar-refractivity contribution in [1.29, 1.82) is 0 Å². The molecule has 0 aliphatic carbocycles. The Morgan fingerprint density at radius 3 is 2.67 bits per heavy atom. The molecule has 3 N–H and O–H groups in total. The second kappa shape index (κ2) is 5.18. The molecule has 0 fully saturated rings. The van der Waals surface area contributed by atoms with E-state index in [0.29, 0.717) is 25.6 Å². The third kappa shape index (κ3) is 2.77. The molecule has 0 saturated heterocycles. The number of rotatable bonds is 2. The second-order valence-electron chi connectivity index (χ2n) is 3.78. The Labute approximate surface area is 119 Å². The number of halogens is 2. The SMILES string of the molecule is Cc1ccc(N)c(NC(=O)c2cc(Cl)sc2Cl)c1. The lowest BCUT2D eigenvalue weighted by Gasteiger charge is -2.08. The Kier molecular flexibility index (Phi) is 3.80. The van der Waals surface area contributed by atoms with Crippen molar-refractivity contribution in [3.63, 3.8) is 0 Å². The maximum absolute atomic E-state index is 12.0. The fourth-order valence-electron chi connectivity index (χ4n) is 1.46. The summed E-state index contributed by atoms with van der Waals surface area (Å²) in [5.41, 5.74) is 8.22. The molecule has 0 aliphatic rings. The molecule has 0 atom stereocenters. The summed E-state index contributed by atoms with van der Waals surface area (Å²) < 4.78 is 0.839. The molecule has 3 nitrogen and oxygen atoms in total. The van der Waals surface area contributed by atoms with Gasteiger partial charge in [-0.05, 0) is 30.7 Å². The molecule has 0 unspecified atom stereocenters. The molecule has 1 amide bonds. The van der Waals surface area contributed by atoms with E-state index in [-0.39, 0.29) is 5.91 Å². The number of anilines is 2. The quantitative estimate of drug-likeness (QED) is 0.817. The molecule has 1 aromatic carbocycles. The van der Waals surface area contributed by atoms with Gasteiger partial charge in [-0.1, -0.05) is 29.3 Å². The van der Waals surface area contributed by atoms with Gasteiger partial charge >= 0.3 is 0 Å². The molecule has 0 saturated carbocycles. The first-order chi connectivity index (χ1) is 8.47. The van der Waals surface area contributed by atoms with Gasteiger partial charge in [0.1, 0.15) is 4.34 Å². The Morgan fingerprint density at radius 2 is 2.06 bits per heavy atom. The molecule has 1 heterocycles. The zero-order valence-electron chi connectivity index (χ0n) is 9.46. The number of nitrogens with one attached hydrogen (secondary N) is 1. The molecule has 6 heteroatoms. The van der Waals surface area contributed by atoms with Gasteiger partial charge in [0.05, 0.1) is 21.3 Å². The van der Waals surface area contributed by atoms with Gasteiger partial charge in [-0.2, -0.15) is 0 Å². The third-order valence-electron chi connectivity index (χ3n) is 2.36. The highest BCUT2D eigenvalue weighted by molar-refractivity contribution is 7.20. The number of amides is 1. The maximum Gasteiger partial charge on any atom is 0.258 e. The number of hydrogen-bond acceptors (Lipinski definition) is 3. The van der Waals surface area contributed by atoms with E-state index in [1.165, 1.54) is 6.07 Å². The first kappa shape index (κ1) is 13.2. The number of carbonyl (C=O) groups excluding carboxylic acids is 1. The minimum atomic E-state index is -0.319. The van der Waals surface area contributed by atoms with Crippen LogP contribution in [-0.4, -0.2) is 5.91 Å². The van der Waals surface area contributed by atoms with Gasteiger partial charge in [0.2, 0.25) is 0 Å². The minimum absolute atomic E-state index is 0.319. The van der Waals surface area contributed by atoms with Crippen LogP contribution in [0.1, 0.15) is 15.9 Å². The molecule has 2 aromatic rings. The molecule has 0 radical (unpaired) electrons. The van der Waals surface area contributed by atoms with Crippen molar-refractivity contribution in [3.05, 3.63) is 44.1 Å². The van der Waals surface area contributed by atoms with Crippen molar-refractivity contribution in [3.8, 4) is 0 Å². The van der Waals surface area contributed by atoms with Crippen LogP contribution in [0.25, 0.3) is 0 Å². The third-order valence-corrected chi connectivity index (χ3v) is 3.85. The van der Waals surface area contributed by atoms with Gasteiger partial charge in [-0.15, -0.1) is 11.3 Å². The molecule has 1 aromatic heterocycles. The summed E-state index contributed by atoms with van der Waals surface area (Å²) in [6.45, 7) is 1.92. The Hall–Kier alpha value is -1.23. The standard InChI is InChI=1S/C12H10Cl2N2OS/c1-6-2-3-8(15)9(4-6)16-12(17)7-5-10(13)18-11(7)14/h2-5H,15H2,1H3,(H,16,17). The lowest BCUT2D eigenvalue weighted by molar-refractivity contribution is 0.102. The first-order valence-electron chi connectivity index (χ1n) is 5.09. The van der Waals surface area contributed by atoms with Crippen molar-refractivity contribution < 1.29 is 4.79 Å². The summed E-state index contributed by atoms with van der Waals surface area (Å²) in [7, 11) is 0. The van der Waals surface area contributed by atoms with Crippen molar-refractivity contribution in [2.24, 2.45) is 0 Å². The number of thiophene rings is 1. The van der Waals surface area contributed by atoms with Crippen LogP contribution < -0.4 is 11.1 Å². The predicted octanol–water partition coefficient (Wildman–Crippen LogP) is 4.20. The lowest BCUT2D eigenvalue weighted by atomic mass is 10.2. The van der Waals surface area contributed by atoms with Gasteiger partial charge in [0.15, 0.2) is 0 Å². The summed E-state index contributed by atoms with van der Waals surface area (Å²) in [5.74, 6) is -0.319. The van der Waals surface area contributed by atoms with E-state index >= 15 is 0 Å². The highest BCUT2D eigenvalue weighted by Crippen LogP contribution is 2.32. The first-order valence-corrected chi connectivity index (χ1v) is 6.67. The van der Waals surface area contributed by atoms with Gasteiger partial charge in [0, 0.05) is 0 Å². The number of carbonyl (C=O) groups is 1. The van der Waals surface area contributed by atoms with Crippen molar-refractivity contribution in [2.75, 3.05) is 11.1 Å². The van der Waals surface area contributed by atoms with Crippen molar-refractivity contribution in [2.45, 2.75) is 6.92 Å². The molecule has 0 spiro atoms. The van der Waals surface area contributed by atoms with Crippen LogP contribution in [0.4, 0.5) is 11.4 Å². The Balaban J connectivity index is 2.26. The second-order valence-corrected chi connectivity index (χ2v) is 6.07. The highest BCUT2D eigenvalue weighted by Gasteiger charge is 2.15. The molecule has 94 valence electrons. The van der Waals surface area contributed by atoms with Crippen LogP contribution in [0.15, 0.2) is 24.3 Å². The zero-order valence-corrected chi connectivity index (χ0v) is 11.8. The number of nitrogen functional groups attached to an aromatic ring is 1. The zero-order chi connectivity index (χ0) is 13.3. The fraction of sp³-hybridized carbons (Fsp3) is 0.0833. The largest absolute Gasteiger partial charge is 0.397 e. The predicted molar refractivity (Wildman–Crippen MR) is 77.9 cm³/mol. The van der Waals surface area contributed by atoms with E-state index in [4.69, 9.17) is 28.9 Å². The average Bonchev–Trinajstić information content (AvgIpc) is 2.63. The molecule has 18 heavy (non-hydrogen) atoms. The van der Waals surface area contributed by atoms with E-state index in [0.717, 1.165) is 16.9 Å². The van der Waals surface area contributed by atoms with Gasteiger partial charge in [0.25, 0.3) is 5.91 Å². The van der Waals surface area contributed by atoms with Gasteiger partial charge in [-0.3, -0.25) is 4.79 Å². The van der Waals surface area contributed by atoms with E-state index in [2.05, 4.69) is 5.32 Å². The van der Waals surface area contributed by atoms with E-state index in [1.807, 2.05) is 13.0 Å². The normalized spacial score (nSPS) is 10.4. The highest BCUT2D eigenvalue weighted by atomic mass is 35.5. The Bertz CT molecular complexity index is 610. The van der Waals surface area contributed by atoms with Gasteiger partial charge < -0.3 is 11.1 Å². The summed E-state index contributed by atoms with van der Waals surface area (Å²) >= 11 is 12.9. The summed E-state index contributed by atoms with van der Waals surface area (Å²) in [5, 5.41) is 2.72. The molecular formula is C12H10Cl2N2OS. The van der Waals surface area contributed by atoms with Crippen LogP contribution >= 0.6 is 34.5 Å². The Morgan fingerprint density at radius 1 is 1.33 bits per heavy atom. The monoisotopic (exact) mass is 300 g/mol. The molecular weight excluding hydrogens is 291 g/mol. The van der Waals surface area contributed by atoms with Crippen LogP contribution in [0, 0.1) is 6.92 Å². The van der Waals surface area contributed by atoms with Crippen LogP contribution in [0.5, 0.6) is 0 Å². The fourth-order valence-corrected chi connectivity index (χ4v) is 2.92. The molecule has 0 aliphatic heterocycles. The van der Waals surface area contributed by atoms with Crippen LogP contribution in [0.3, 0.4) is 0 Å². The number of aryl methyl sites for hydroxylation is 1. The van der Waals surface area contributed by atoms with Crippen LogP contribution in [-0.2, 0) is 0 Å². The minimum Gasteiger partial charge on any atom is -0.397 e. The number of hydrogen-bond donors (Lipinski definition) is 2. The van der Waals surface area contributed by atoms with Crippen molar-refractivity contribution >= 4 is 51.8 Å².